The van der Waals surface area contributed by atoms with Crippen LogP contribution in [0.2, 0.25) is 0 Å². The molecule has 1 N–H and O–H groups in total. The zero-order valence-corrected chi connectivity index (χ0v) is 19.0. The number of thioether (sulfide) groups is 1. The first-order chi connectivity index (χ1) is 14.9. The van der Waals surface area contributed by atoms with Crippen LogP contribution in [-0.2, 0) is 16.0 Å². The number of hydrogen-bond donors (Lipinski definition) is 1. The molecule has 0 saturated carbocycles. The molecule has 0 aliphatic heterocycles. The van der Waals surface area contributed by atoms with Gasteiger partial charge in [-0.2, -0.15) is 0 Å². The number of hydrogen-bond acceptors (Lipinski definition) is 6. The molecule has 0 unspecified atom stereocenters. The second kappa shape index (κ2) is 10.3. The van der Waals surface area contributed by atoms with Crippen molar-refractivity contribution >= 4 is 29.3 Å². The van der Waals surface area contributed by atoms with E-state index in [9.17, 15) is 9.59 Å². The van der Waals surface area contributed by atoms with E-state index in [2.05, 4.69) is 15.5 Å². The fourth-order valence-corrected chi connectivity index (χ4v) is 3.64. The third kappa shape index (κ3) is 5.95. The van der Waals surface area contributed by atoms with Gasteiger partial charge in [0, 0.05) is 18.3 Å². The average molecular weight is 439 g/mol. The Hall–Kier alpha value is -3.13. The lowest BCUT2D eigenvalue weighted by Crippen LogP contribution is -2.36. The Labute approximate surface area is 186 Å². The summed E-state index contributed by atoms with van der Waals surface area (Å²) in [6.45, 7) is 6.06. The topological polar surface area (TPSA) is 88.3 Å². The highest BCUT2D eigenvalue weighted by Gasteiger charge is 2.17. The Morgan fingerprint density at radius 3 is 2.61 bits per heavy atom. The first-order valence-electron chi connectivity index (χ1n) is 10.0. The van der Waals surface area contributed by atoms with Crippen molar-refractivity contribution in [2.24, 2.45) is 0 Å². The Morgan fingerprint density at radius 1 is 1.10 bits per heavy atom. The number of anilines is 1. The van der Waals surface area contributed by atoms with Crippen LogP contribution in [0.4, 0.5) is 5.69 Å². The van der Waals surface area contributed by atoms with Crippen LogP contribution in [0.1, 0.15) is 23.6 Å². The molecular formula is C23H26N4O3S. The van der Waals surface area contributed by atoms with Crippen molar-refractivity contribution in [3.05, 3.63) is 59.2 Å². The zero-order chi connectivity index (χ0) is 22.4. The van der Waals surface area contributed by atoms with Crippen molar-refractivity contribution < 1.29 is 14.0 Å². The maximum absolute atomic E-state index is 12.4. The third-order valence-electron chi connectivity index (χ3n) is 4.96. The van der Waals surface area contributed by atoms with Gasteiger partial charge in [-0.1, -0.05) is 43.0 Å². The van der Waals surface area contributed by atoms with Crippen LogP contribution in [-0.4, -0.2) is 46.3 Å². The van der Waals surface area contributed by atoms with Gasteiger partial charge >= 0.3 is 0 Å². The number of para-hydroxylation sites is 1. The summed E-state index contributed by atoms with van der Waals surface area (Å²) in [6, 6.07) is 13.6. The normalized spacial score (nSPS) is 10.7. The van der Waals surface area contributed by atoms with E-state index >= 15 is 0 Å². The molecule has 31 heavy (non-hydrogen) atoms. The van der Waals surface area contributed by atoms with E-state index in [1.165, 1.54) is 10.5 Å². The van der Waals surface area contributed by atoms with E-state index in [-0.39, 0.29) is 24.1 Å². The van der Waals surface area contributed by atoms with Crippen LogP contribution in [0.5, 0.6) is 0 Å². The number of likely N-dealkylation sites (N-methyl/N-ethyl adjacent to an activating group) is 1. The van der Waals surface area contributed by atoms with E-state index in [4.69, 9.17) is 4.42 Å². The fraction of sp³-hybridized carbons (Fsp3) is 0.304. The van der Waals surface area contributed by atoms with Gasteiger partial charge < -0.3 is 14.6 Å². The van der Waals surface area contributed by atoms with Crippen LogP contribution in [0, 0.1) is 13.8 Å². The predicted octanol–water partition coefficient (Wildman–Crippen LogP) is 4.11. The van der Waals surface area contributed by atoms with Gasteiger partial charge in [-0.25, -0.2) is 0 Å². The summed E-state index contributed by atoms with van der Waals surface area (Å²) in [6.07, 6.45) is 0.816. The molecule has 3 rings (SSSR count). The van der Waals surface area contributed by atoms with Gasteiger partial charge in [0.1, 0.15) is 0 Å². The molecule has 8 heteroatoms. The number of nitrogens with one attached hydrogen (secondary N) is 1. The van der Waals surface area contributed by atoms with Gasteiger partial charge in [-0.15, -0.1) is 10.2 Å². The van der Waals surface area contributed by atoms with Crippen molar-refractivity contribution in [1.29, 1.82) is 0 Å². The highest BCUT2D eigenvalue weighted by atomic mass is 32.2. The predicted molar refractivity (Wildman–Crippen MR) is 122 cm³/mol. The summed E-state index contributed by atoms with van der Waals surface area (Å²) in [7, 11) is 1.60. The number of nitrogens with zero attached hydrogens (tertiary/aromatic N) is 3. The SMILES string of the molecule is CCc1ccccc1NC(=O)CN(C)C(=O)CSc1nnc(-c2ccc(C)c(C)c2)o1. The summed E-state index contributed by atoms with van der Waals surface area (Å²) in [5.41, 5.74) is 5.00. The molecule has 0 fully saturated rings. The number of aryl methyl sites for hydroxylation is 3. The van der Waals surface area contributed by atoms with Gasteiger partial charge in [0.25, 0.3) is 5.22 Å². The molecule has 0 bridgehead atoms. The molecule has 7 nitrogen and oxygen atoms in total. The summed E-state index contributed by atoms with van der Waals surface area (Å²) in [5.74, 6) is 0.0796. The van der Waals surface area contributed by atoms with Crippen LogP contribution in [0.25, 0.3) is 11.5 Å². The maximum Gasteiger partial charge on any atom is 0.277 e. The second-order valence-electron chi connectivity index (χ2n) is 7.27. The molecule has 0 radical (unpaired) electrons. The van der Waals surface area contributed by atoms with Gasteiger partial charge in [0.15, 0.2) is 0 Å². The number of carbonyl (C=O) groups is 2. The largest absolute Gasteiger partial charge is 0.411 e. The van der Waals surface area contributed by atoms with Crippen LogP contribution >= 0.6 is 11.8 Å². The highest BCUT2D eigenvalue weighted by Crippen LogP contribution is 2.25. The summed E-state index contributed by atoms with van der Waals surface area (Å²) in [4.78, 5) is 26.1. The van der Waals surface area contributed by atoms with Gasteiger partial charge in [-0.3, -0.25) is 9.59 Å². The third-order valence-corrected chi connectivity index (χ3v) is 5.76. The van der Waals surface area contributed by atoms with Crippen LogP contribution in [0.15, 0.2) is 52.1 Å². The van der Waals surface area contributed by atoms with E-state index in [0.29, 0.717) is 11.1 Å². The Balaban J connectivity index is 1.51. The molecule has 162 valence electrons. The van der Waals surface area contributed by atoms with Gasteiger partial charge in [-0.05, 0) is 55.2 Å². The molecule has 2 aromatic carbocycles. The molecule has 0 spiro atoms. The van der Waals surface area contributed by atoms with Gasteiger partial charge in [0.2, 0.25) is 17.7 Å². The monoisotopic (exact) mass is 438 g/mol. The molecule has 2 amide bonds. The molecule has 0 aliphatic rings. The van der Waals surface area contributed by atoms with Crippen molar-refractivity contribution in [1.82, 2.24) is 15.1 Å². The molecule has 0 aliphatic carbocycles. The number of rotatable bonds is 8. The zero-order valence-electron chi connectivity index (χ0n) is 18.1. The van der Waals surface area contributed by atoms with Crippen molar-refractivity contribution in [3.8, 4) is 11.5 Å². The molecule has 0 saturated heterocycles. The van der Waals surface area contributed by atoms with Crippen molar-refractivity contribution in [2.45, 2.75) is 32.4 Å². The number of carbonyl (C=O) groups excluding carboxylic acids is 2. The van der Waals surface area contributed by atoms with Crippen LogP contribution in [0.3, 0.4) is 0 Å². The van der Waals surface area contributed by atoms with E-state index in [1.54, 1.807) is 7.05 Å². The molecule has 0 atom stereocenters. The summed E-state index contributed by atoms with van der Waals surface area (Å²) >= 11 is 1.15. The molecule has 1 heterocycles. The Kier molecular flexibility index (Phi) is 7.46. The number of aromatic nitrogens is 2. The van der Waals surface area contributed by atoms with Gasteiger partial charge in [0.05, 0.1) is 12.3 Å². The minimum absolute atomic E-state index is 0.0326. The maximum atomic E-state index is 12.4. The Bertz CT molecular complexity index is 1080. The van der Waals surface area contributed by atoms with Crippen molar-refractivity contribution in [2.75, 3.05) is 24.7 Å². The lowest BCUT2D eigenvalue weighted by molar-refractivity contribution is -0.131. The van der Waals surface area contributed by atoms with E-state index < -0.39 is 0 Å². The second-order valence-corrected chi connectivity index (χ2v) is 8.20. The van der Waals surface area contributed by atoms with E-state index in [1.807, 2.05) is 63.2 Å². The first-order valence-corrected chi connectivity index (χ1v) is 11.0. The first kappa shape index (κ1) is 22.6. The minimum atomic E-state index is -0.239. The fourth-order valence-electron chi connectivity index (χ4n) is 2.94. The van der Waals surface area contributed by atoms with E-state index in [0.717, 1.165) is 40.6 Å². The standard InChI is InChI=1S/C23H26N4O3S/c1-5-17-8-6-7-9-19(17)24-20(28)13-27(4)21(29)14-31-23-26-25-22(30-23)18-11-10-15(2)16(3)12-18/h6-12H,5,13-14H2,1-4H3,(H,24,28). The number of benzene rings is 2. The average Bonchev–Trinajstić information content (AvgIpc) is 3.23. The smallest absolute Gasteiger partial charge is 0.277 e. The highest BCUT2D eigenvalue weighted by molar-refractivity contribution is 7.99. The van der Waals surface area contributed by atoms with Crippen LogP contribution < -0.4 is 5.32 Å². The quantitative estimate of drug-likeness (QED) is 0.533. The summed E-state index contributed by atoms with van der Waals surface area (Å²) < 4.78 is 5.67. The minimum Gasteiger partial charge on any atom is -0.411 e. The van der Waals surface area contributed by atoms with Crippen molar-refractivity contribution in [3.63, 3.8) is 0 Å². The lowest BCUT2D eigenvalue weighted by atomic mass is 10.1. The molecule has 1 aromatic heterocycles. The summed E-state index contributed by atoms with van der Waals surface area (Å²) in [5, 5.41) is 11.3. The lowest BCUT2D eigenvalue weighted by Gasteiger charge is -2.17. The number of amides is 2. The molecule has 3 aromatic rings. The Morgan fingerprint density at radius 2 is 1.87 bits per heavy atom. The molecular weight excluding hydrogens is 412 g/mol.